The summed E-state index contributed by atoms with van der Waals surface area (Å²) in [6.45, 7) is 6.28. The maximum Gasteiger partial charge on any atom is 0.261 e. The zero-order valence-electron chi connectivity index (χ0n) is 14.6. The minimum atomic E-state index is -3.65. The van der Waals surface area contributed by atoms with Crippen LogP contribution in [0.15, 0.2) is 53.4 Å². The second kappa shape index (κ2) is 6.19. The predicted molar refractivity (Wildman–Crippen MR) is 99.2 cm³/mol. The first-order valence-corrected chi connectivity index (χ1v) is 9.69. The van der Waals surface area contributed by atoms with Crippen molar-refractivity contribution in [1.29, 1.82) is 0 Å². The van der Waals surface area contributed by atoms with Crippen LogP contribution in [0.3, 0.4) is 0 Å². The lowest BCUT2D eigenvalue weighted by atomic mass is 9.94. The average molecular weight is 358 g/mol. The van der Waals surface area contributed by atoms with E-state index in [1.165, 1.54) is 0 Å². The Morgan fingerprint density at radius 1 is 1.08 bits per heavy atom. The Morgan fingerprint density at radius 2 is 1.76 bits per heavy atom. The van der Waals surface area contributed by atoms with Gasteiger partial charge in [0.2, 0.25) is 5.91 Å². The molecule has 1 aliphatic heterocycles. The van der Waals surface area contributed by atoms with Crippen LogP contribution in [0.4, 0.5) is 11.4 Å². The van der Waals surface area contributed by atoms with Crippen LogP contribution in [0.1, 0.15) is 26.3 Å². The lowest BCUT2D eigenvalue weighted by molar-refractivity contribution is -0.125. The molecule has 0 radical (unpaired) electrons. The van der Waals surface area contributed by atoms with Gasteiger partial charge in [-0.25, -0.2) is 8.42 Å². The molecule has 2 aromatic rings. The maximum atomic E-state index is 12.6. The summed E-state index contributed by atoms with van der Waals surface area (Å²) in [6.07, 6.45) is 0.781. The highest BCUT2D eigenvalue weighted by Crippen LogP contribution is 2.34. The first-order chi connectivity index (χ1) is 11.7. The summed E-state index contributed by atoms with van der Waals surface area (Å²) in [5.41, 5.74) is 1.81. The second-order valence-electron chi connectivity index (χ2n) is 7.22. The molecule has 0 saturated heterocycles. The molecule has 0 aliphatic carbocycles. The van der Waals surface area contributed by atoms with Gasteiger partial charge in [-0.1, -0.05) is 45.0 Å². The molecule has 25 heavy (non-hydrogen) atoms. The summed E-state index contributed by atoms with van der Waals surface area (Å²) in [5, 5.41) is 0. The van der Waals surface area contributed by atoms with Gasteiger partial charge in [-0.15, -0.1) is 0 Å². The van der Waals surface area contributed by atoms with Gasteiger partial charge in [-0.05, 0) is 36.2 Å². The fourth-order valence-electron chi connectivity index (χ4n) is 2.87. The summed E-state index contributed by atoms with van der Waals surface area (Å²) in [7, 11) is -3.65. The van der Waals surface area contributed by atoms with Gasteiger partial charge >= 0.3 is 0 Å². The maximum absolute atomic E-state index is 12.6. The van der Waals surface area contributed by atoms with Gasteiger partial charge in [0.15, 0.2) is 0 Å². The monoisotopic (exact) mass is 358 g/mol. The normalized spacial score (nSPS) is 14.3. The van der Waals surface area contributed by atoms with Crippen LogP contribution < -0.4 is 9.62 Å². The number of nitrogens with one attached hydrogen (secondary N) is 1. The fraction of sp³-hybridized carbons (Fsp3) is 0.316. The zero-order chi connectivity index (χ0) is 18.2. The Labute approximate surface area is 148 Å². The molecule has 1 N–H and O–H groups in total. The molecule has 0 spiro atoms. The van der Waals surface area contributed by atoms with Gasteiger partial charge in [0.05, 0.1) is 10.6 Å². The van der Waals surface area contributed by atoms with E-state index in [1.807, 2.05) is 26.8 Å². The highest BCUT2D eigenvalue weighted by molar-refractivity contribution is 7.92. The summed E-state index contributed by atoms with van der Waals surface area (Å²) in [5.74, 6) is 0.0364. The van der Waals surface area contributed by atoms with E-state index < -0.39 is 15.4 Å². The Morgan fingerprint density at radius 3 is 2.40 bits per heavy atom. The predicted octanol–water partition coefficient (Wildman–Crippen LogP) is 3.42. The van der Waals surface area contributed by atoms with Crippen molar-refractivity contribution in [2.75, 3.05) is 16.2 Å². The van der Waals surface area contributed by atoms with Crippen molar-refractivity contribution < 1.29 is 13.2 Å². The van der Waals surface area contributed by atoms with E-state index in [0.717, 1.165) is 17.7 Å². The van der Waals surface area contributed by atoms with Crippen LogP contribution >= 0.6 is 0 Å². The standard InChI is InChI=1S/C19H22N2O3S/c1-19(2,3)18(22)21-12-11-14-9-10-15(13-17(14)21)20-25(23,24)16-7-5-4-6-8-16/h4-10,13,20H,11-12H2,1-3H3. The van der Waals surface area contributed by atoms with Crippen molar-refractivity contribution in [3.63, 3.8) is 0 Å². The number of amides is 1. The van der Waals surface area contributed by atoms with Gasteiger partial charge in [0, 0.05) is 17.6 Å². The molecule has 2 aromatic carbocycles. The van der Waals surface area contributed by atoms with Gasteiger partial charge in [-0.3, -0.25) is 9.52 Å². The highest BCUT2D eigenvalue weighted by Gasteiger charge is 2.32. The Bertz CT molecular complexity index is 900. The smallest absolute Gasteiger partial charge is 0.261 e. The molecule has 0 saturated carbocycles. The number of benzene rings is 2. The third-order valence-corrected chi connectivity index (χ3v) is 5.57. The summed E-state index contributed by atoms with van der Waals surface area (Å²) < 4.78 is 27.6. The van der Waals surface area contributed by atoms with E-state index in [4.69, 9.17) is 0 Å². The van der Waals surface area contributed by atoms with Gasteiger partial charge in [0.1, 0.15) is 0 Å². The van der Waals surface area contributed by atoms with Gasteiger partial charge < -0.3 is 4.90 Å². The zero-order valence-corrected chi connectivity index (χ0v) is 15.4. The number of hydrogen-bond donors (Lipinski definition) is 1. The molecule has 5 nitrogen and oxygen atoms in total. The summed E-state index contributed by atoms with van der Waals surface area (Å²) >= 11 is 0. The van der Waals surface area contributed by atoms with Crippen LogP contribution in [0.5, 0.6) is 0 Å². The molecule has 0 aromatic heterocycles. The van der Waals surface area contributed by atoms with E-state index in [2.05, 4.69) is 4.72 Å². The van der Waals surface area contributed by atoms with Crippen LogP contribution in [0.25, 0.3) is 0 Å². The van der Waals surface area contributed by atoms with Crippen LogP contribution in [0, 0.1) is 5.41 Å². The van der Waals surface area contributed by atoms with E-state index in [1.54, 1.807) is 47.4 Å². The number of fused-ring (bicyclic) bond motifs is 1. The molecule has 1 amide bonds. The molecule has 132 valence electrons. The number of hydrogen-bond acceptors (Lipinski definition) is 3. The van der Waals surface area contributed by atoms with Crippen molar-refractivity contribution >= 4 is 27.3 Å². The van der Waals surface area contributed by atoms with E-state index in [-0.39, 0.29) is 10.8 Å². The van der Waals surface area contributed by atoms with Gasteiger partial charge in [-0.2, -0.15) is 0 Å². The molecule has 0 bridgehead atoms. The second-order valence-corrected chi connectivity index (χ2v) is 8.90. The summed E-state index contributed by atoms with van der Waals surface area (Å²) in [6, 6.07) is 13.6. The molecule has 0 fully saturated rings. The molecule has 3 rings (SSSR count). The molecule has 1 heterocycles. The molecule has 1 aliphatic rings. The minimum absolute atomic E-state index is 0.0364. The van der Waals surface area contributed by atoms with Crippen molar-refractivity contribution in [2.24, 2.45) is 5.41 Å². The first-order valence-electron chi connectivity index (χ1n) is 8.21. The topological polar surface area (TPSA) is 66.5 Å². The van der Waals surface area contributed by atoms with Crippen molar-refractivity contribution in [3.05, 3.63) is 54.1 Å². The molecular formula is C19H22N2O3S. The summed E-state index contributed by atoms with van der Waals surface area (Å²) in [4.78, 5) is 14.6. The van der Waals surface area contributed by atoms with Gasteiger partial charge in [0.25, 0.3) is 10.0 Å². The highest BCUT2D eigenvalue weighted by atomic mass is 32.2. The Kier molecular flexibility index (Phi) is 4.33. The van der Waals surface area contributed by atoms with Crippen molar-refractivity contribution in [1.82, 2.24) is 0 Å². The third-order valence-electron chi connectivity index (χ3n) is 4.17. The lowest BCUT2D eigenvalue weighted by Gasteiger charge is -2.26. The number of nitrogens with zero attached hydrogens (tertiary/aromatic N) is 1. The SMILES string of the molecule is CC(C)(C)C(=O)N1CCc2ccc(NS(=O)(=O)c3ccccc3)cc21. The number of sulfonamides is 1. The van der Waals surface area contributed by atoms with Crippen LogP contribution in [0.2, 0.25) is 0 Å². The molecule has 0 atom stereocenters. The van der Waals surface area contributed by atoms with E-state index in [9.17, 15) is 13.2 Å². The third kappa shape index (κ3) is 3.54. The average Bonchev–Trinajstić information content (AvgIpc) is 2.96. The number of carbonyl (C=O) groups excluding carboxylic acids is 1. The largest absolute Gasteiger partial charge is 0.311 e. The first kappa shape index (κ1) is 17.5. The molecule has 6 heteroatoms. The number of anilines is 2. The number of carbonyl (C=O) groups is 1. The van der Waals surface area contributed by atoms with Crippen molar-refractivity contribution in [3.8, 4) is 0 Å². The molecule has 0 unspecified atom stereocenters. The molecular weight excluding hydrogens is 336 g/mol. The fourth-order valence-corrected chi connectivity index (χ4v) is 3.94. The van der Waals surface area contributed by atoms with E-state index in [0.29, 0.717) is 12.2 Å². The van der Waals surface area contributed by atoms with Crippen molar-refractivity contribution in [2.45, 2.75) is 32.1 Å². The lowest BCUT2D eigenvalue weighted by Crippen LogP contribution is -2.38. The van der Waals surface area contributed by atoms with Crippen LogP contribution in [-0.2, 0) is 21.2 Å². The Hall–Kier alpha value is -2.34. The quantitative estimate of drug-likeness (QED) is 0.914. The number of rotatable bonds is 3. The minimum Gasteiger partial charge on any atom is -0.311 e. The van der Waals surface area contributed by atoms with Crippen LogP contribution in [-0.4, -0.2) is 20.9 Å². The Balaban J connectivity index is 1.91. The van der Waals surface area contributed by atoms with E-state index >= 15 is 0 Å².